The number of benzene rings is 1. The van der Waals surface area contributed by atoms with Gasteiger partial charge in [-0.1, -0.05) is 19.8 Å². The van der Waals surface area contributed by atoms with Crippen molar-refractivity contribution in [2.45, 2.75) is 32.3 Å². The number of phenolic OH excluding ortho intramolecular Hbond substituents is 1. The molecule has 0 saturated heterocycles. The normalized spacial score (nSPS) is 12.4. The van der Waals surface area contributed by atoms with Crippen molar-refractivity contribution < 1.29 is 15.0 Å². The van der Waals surface area contributed by atoms with E-state index in [2.05, 4.69) is 0 Å². The smallest absolute Gasteiger partial charge is 0.191 e. The van der Waals surface area contributed by atoms with Crippen molar-refractivity contribution in [1.82, 2.24) is 0 Å². The minimum absolute atomic E-state index is 0.120. The predicted molar refractivity (Wildman–Crippen MR) is 58.0 cm³/mol. The Morgan fingerprint density at radius 3 is 2.47 bits per heavy atom. The summed E-state index contributed by atoms with van der Waals surface area (Å²) in [6, 6.07) is 5.93. The van der Waals surface area contributed by atoms with Crippen molar-refractivity contribution in [2.24, 2.45) is 0 Å². The molecule has 1 unspecified atom stereocenters. The molecule has 0 bridgehead atoms. The van der Waals surface area contributed by atoms with Crippen LogP contribution in [0.3, 0.4) is 0 Å². The van der Waals surface area contributed by atoms with Gasteiger partial charge in [0.1, 0.15) is 11.9 Å². The van der Waals surface area contributed by atoms with E-state index >= 15 is 0 Å². The fourth-order valence-electron chi connectivity index (χ4n) is 1.35. The van der Waals surface area contributed by atoms with Gasteiger partial charge < -0.3 is 10.2 Å². The molecule has 0 aliphatic carbocycles. The molecule has 1 rings (SSSR count). The van der Waals surface area contributed by atoms with E-state index in [1.165, 1.54) is 24.3 Å². The first-order valence-corrected chi connectivity index (χ1v) is 5.16. The molecule has 3 nitrogen and oxygen atoms in total. The number of hydrogen-bond donors (Lipinski definition) is 2. The molecule has 82 valence electrons. The van der Waals surface area contributed by atoms with Gasteiger partial charge in [-0.2, -0.15) is 0 Å². The zero-order valence-corrected chi connectivity index (χ0v) is 8.81. The highest BCUT2D eigenvalue weighted by molar-refractivity contribution is 5.99. The molecular weight excluding hydrogens is 192 g/mol. The maximum Gasteiger partial charge on any atom is 0.191 e. The van der Waals surface area contributed by atoms with E-state index < -0.39 is 6.10 Å². The molecule has 0 fully saturated rings. The molecule has 0 heterocycles. The summed E-state index contributed by atoms with van der Waals surface area (Å²) < 4.78 is 0. The highest BCUT2D eigenvalue weighted by atomic mass is 16.3. The Labute approximate surface area is 89.4 Å². The molecule has 15 heavy (non-hydrogen) atoms. The van der Waals surface area contributed by atoms with Gasteiger partial charge in [-0.25, -0.2) is 0 Å². The average molecular weight is 208 g/mol. The van der Waals surface area contributed by atoms with Crippen LogP contribution in [-0.4, -0.2) is 22.1 Å². The first-order valence-electron chi connectivity index (χ1n) is 5.16. The molecule has 3 heteroatoms. The van der Waals surface area contributed by atoms with E-state index in [9.17, 15) is 9.90 Å². The fourth-order valence-corrected chi connectivity index (χ4v) is 1.35. The standard InChI is InChI=1S/C12H16O3/c1-2-3-4-11(14)12(15)9-5-7-10(13)8-6-9/h5-8,11,13-14H,2-4H2,1H3. The summed E-state index contributed by atoms with van der Waals surface area (Å²) >= 11 is 0. The van der Waals surface area contributed by atoms with Crippen molar-refractivity contribution in [3.8, 4) is 5.75 Å². The van der Waals surface area contributed by atoms with Crippen LogP contribution in [0, 0.1) is 0 Å². The van der Waals surface area contributed by atoms with E-state index in [-0.39, 0.29) is 11.5 Å². The lowest BCUT2D eigenvalue weighted by molar-refractivity contribution is 0.0726. The number of unbranched alkanes of at least 4 members (excludes halogenated alkanes) is 1. The summed E-state index contributed by atoms with van der Waals surface area (Å²) in [5.41, 5.74) is 0.441. The summed E-state index contributed by atoms with van der Waals surface area (Å²) in [4.78, 5) is 11.6. The first kappa shape index (κ1) is 11.7. The molecule has 1 aromatic carbocycles. The minimum atomic E-state index is -0.922. The predicted octanol–water partition coefficient (Wildman–Crippen LogP) is 2.13. The Balaban J connectivity index is 2.63. The number of ketones is 1. The van der Waals surface area contributed by atoms with E-state index in [0.29, 0.717) is 12.0 Å². The second kappa shape index (κ2) is 5.51. The summed E-state index contributed by atoms with van der Waals surface area (Å²) in [6.45, 7) is 2.01. The van der Waals surface area contributed by atoms with Gasteiger partial charge in [0.25, 0.3) is 0 Å². The number of rotatable bonds is 5. The molecule has 0 aliphatic rings. The van der Waals surface area contributed by atoms with Gasteiger partial charge in [0.15, 0.2) is 5.78 Å². The van der Waals surface area contributed by atoms with Crippen molar-refractivity contribution in [2.75, 3.05) is 0 Å². The third-order valence-corrected chi connectivity index (χ3v) is 2.29. The lowest BCUT2D eigenvalue weighted by Crippen LogP contribution is -2.20. The van der Waals surface area contributed by atoms with Crippen LogP contribution >= 0.6 is 0 Å². The Morgan fingerprint density at radius 1 is 1.33 bits per heavy atom. The average Bonchev–Trinajstić information content (AvgIpc) is 2.26. The molecular formula is C12H16O3. The van der Waals surface area contributed by atoms with Crippen LogP contribution < -0.4 is 0 Å². The molecule has 0 amide bonds. The van der Waals surface area contributed by atoms with E-state index in [0.717, 1.165) is 12.8 Å². The van der Waals surface area contributed by atoms with Gasteiger partial charge in [-0.15, -0.1) is 0 Å². The van der Waals surface area contributed by atoms with Crippen LogP contribution in [0.25, 0.3) is 0 Å². The number of carbonyl (C=O) groups excluding carboxylic acids is 1. The van der Waals surface area contributed by atoms with E-state index in [4.69, 9.17) is 5.11 Å². The monoisotopic (exact) mass is 208 g/mol. The maximum absolute atomic E-state index is 11.6. The molecule has 0 aliphatic heterocycles. The number of hydrogen-bond acceptors (Lipinski definition) is 3. The van der Waals surface area contributed by atoms with Gasteiger partial charge in [-0.3, -0.25) is 4.79 Å². The van der Waals surface area contributed by atoms with Crippen LogP contribution in [0.5, 0.6) is 5.75 Å². The van der Waals surface area contributed by atoms with Gasteiger partial charge >= 0.3 is 0 Å². The number of Topliss-reactive ketones (excluding diaryl/α,β-unsaturated/α-hetero) is 1. The molecule has 1 atom stereocenters. The SMILES string of the molecule is CCCCC(O)C(=O)c1ccc(O)cc1. The Bertz CT molecular complexity index is 316. The second-order valence-corrected chi connectivity index (χ2v) is 3.57. The molecule has 0 aromatic heterocycles. The van der Waals surface area contributed by atoms with Gasteiger partial charge in [0.2, 0.25) is 0 Å². The minimum Gasteiger partial charge on any atom is -0.508 e. The second-order valence-electron chi connectivity index (χ2n) is 3.57. The van der Waals surface area contributed by atoms with Crippen molar-refractivity contribution in [3.63, 3.8) is 0 Å². The number of aromatic hydroxyl groups is 1. The maximum atomic E-state index is 11.6. The Kier molecular flexibility index (Phi) is 4.31. The highest BCUT2D eigenvalue weighted by Gasteiger charge is 2.15. The molecule has 0 spiro atoms. The molecule has 1 aromatic rings. The van der Waals surface area contributed by atoms with Crippen LogP contribution in [0.2, 0.25) is 0 Å². The third kappa shape index (κ3) is 3.36. The van der Waals surface area contributed by atoms with E-state index in [1.54, 1.807) is 0 Å². The Morgan fingerprint density at radius 2 is 1.93 bits per heavy atom. The zero-order chi connectivity index (χ0) is 11.3. The lowest BCUT2D eigenvalue weighted by Gasteiger charge is -2.08. The van der Waals surface area contributed by atoms with Crippen molar-refractivity contribution >= 4 is 5.78 Å². The fraction of sp³-hybridized carbons (Fsp3) is 0.417. The number of aliphatic hydroxyl groups is 1. The topological polar surface area (TPSA) is 57.5 Å². The van der Waals surface area contributed by atoms with Gasteiger partial charge in [0, 0.05) is 5.56 Å². The molecule has 0 radical (unpaired) electrons. The van der Waals surface area contributed by atoms with Crippen LogP contribution in [0.15, 0.2) is 24.3 Å². The third-order valence-electron chi connectivity index (χ3n) is 2.29. The number of phenols is 1. The highest BCUT2D eigenvalue weighted by Crippen LogP contribution is 2.13. The number of carbonyl (C=O) groups is 1. The van der Waals surface area contributed by atoms with E-state index in [1.807, 2.05) is 6.92 Å². The number of aliphatic hydroxyl groups excluding tert-OH is 1. The summed E-state index contributed by atoms with van der Waals surface area (Å²) in [5, 5.41) is 18.6. The van der Waals surface area contributed by atoms with Crippen LogP contribution in [0.4, 0.5) is 0 Å². The quantitative estimate of drug-likeness (QED) is 0.729. The zero-order valence-electron chi connectivity index (χ0n) is 8.81. The molecule has 2 N–H and O–H groups in total. The van der Waals surface area contributed by atoms with Crippen LogP contribution in [-0.2, 0) is 0 Å². The van der Waals surface area contributed by atoms with Gasteiger partial charge in [0.05, 0.1) is 0 Å². The largest absolute Gasteiger partial charge is 0.508 e. The summed E-state index contributed by atoms with van der Waals surface area (Å²) in [5.74, 6) is -0.155. The van der Waals surface area contributed by atoms with Crippen molar-refractivity contribution in [1.29, 1.82) is 0 Å². The lowest BCUT2D eigenvalue weighted by atomic mass is 10.0. The summed E-state index contributed by atoms with van der Waals surface area (Å²) in [7, 11) is 0. The molecule has 0 saturated carbocycles. The first-order chi connectivity index (χ1) is 7.15. The van der Waals surface area contributed by atoms with Crippen molar-refractivity contribution in [3.05, 3.63) is 29.8 Å². The summed E-state index contributed by atoms with van der Waals surface area (Å²) in [6.07, 6.45) is 1.37. The van der Waals surface area contributed by atoms with Crippen LogP contribution in [0.1, 0.15) is 36.5 Å². The Hall–Kier alpha value is -1.35. The van der Waals surface area contributed by atoms with Gasteiger partial charge in [-0.05, 0) is 30.7 Å².